The molecule has 0 atom stereocenters. The van der Waals surface area contributed by atoms with Crippen LogP contribution in [-0.2, 0) is 0 Å². The van der Waals surface area contributed by atoms with Crippen molar-refractivity contribution in [3.05, 3.63) is 97.0 Å². The Balaban J connectivity index is 1.78. The van der Waals surface area contributed by atoms with Gasteiger partial charge >= 0.3 is 5.69 Å². The fraction of sp³-hybridized carbons (Fsp3) is 0.0476. The number of nitrogens with one attached hydrogen (secondary N) is 1. The van der Waals surface area contributed by atoms with Crippen LogP contribution in [-0.4, -0.2) is 29.1 Å². The molecule has 0 fully saturated rings. The summed E-state index contributed by atoms with van der Waals surface area (Å²) < 4.78 is 10.8. The Labute approximate surface area is 191 Å². The molecule has 12 heteroatoms. The number of hydrogen-bond acceptors (Lipinski definition) is 8. The highest BCUT2D eigenvalue weighted by Gasteiger charge is 2.22. The zero-order valence-electron chi connectivity index (χ0n) is 16.9. The van der Waals surface area contributed by atoms with Crippen LogP contribution in [0.4, 0.5) is 11.4 Å². The Morgan fingerprint density at radius 3 is 2.39 bits per heavy atom. The predicted molar refractivity (Wildman–Crippen MR) is 119 cm³/mol. The molecule has 0 saturated carbocycles. The molecule has 1 N–H and O–H groups in total. The Morgan fingerprint density at radius 2 is 1.73 bits per heavy atom. The van der Waals surface area contributed by atoms with E-state index >= 15 is 0 Å². The molecule has 0 radical (unpaired) electrons. The number of ether oxygens (including phenoxy) is 2. The van der Waals surface area contributed by atoms with Gasteiger partial charge in [0.15, 0.2) is 11.5 Å². The summed E-state index contributed by atoms with van der Waals surface area (Å²) in [5, 5.41) is 26.4. The number of carbonyl (C=O) groups excluding carboxylic acids is 1. The summed E-state index contributed by atoms with van der Waals surface area (Å²) in [6.45, 7) is 0. The average molecular weight is 471 g/mol. The lowest BCUT2D eigenvalue weighted by Gasteiger charge is -2.11. The van der Waals surface area contributed by atoms with Gasteiger partial charge in [-0.3, -0.25) is 25.0 Å². The van der Waals surface area contributed by atoms with Crippen molar-refractivity contribution in [2.75, 3.05) is 7.11 Å². The van der Waals surface area contributed by atoms with Gasteiger partial charge in [-0.1, -0.05) is 23.7 Å². The highest BCUT2D eigenvalue weighted by molar-refractivity contribution is 6.33. The van der Waals surface area contributed by atoms with Crippen LogP contribution in [0.25, 0.3) is 0 Å². The van der Waals surface area contributed by atoms with Gasteiger partial charge in [-0.2, -0.15) is 5.10 Å². The smallest absolute Gasteiger partial charge is 0.318 e. The molecule has 0 aliphatic carbocycles. The van der Waals surface area contributed by atoms with Crippen molar-refractivity contribution >= 4 is 35.1 Å². The zero-order valence-corrected chi connectivity index (χ0v) is 17.7. The van der Waals surface area contributed by atoms with Crippen molar-refractivity contribution < 1.29 is 24.1 Å². The van der Waals surface area contributed by atoms with Gasteiger partial charge in [-0.15, -0.1) is 0 Å². The summed E-state index contributed by atoms with van der Waals surface area (Å²) in [4.78, 5) is 32.8. The number of hydrogen-bond donors (Lipinski definition) is 1. The highest BCUT2D eigenvalue weighted by Crippen LogP contribution is 2.38. The van der Waals surface area contributed by atoms with Gasteiger partial charge in [-0.05, 0) is 42.0 Å². The van der Waals surface area contributed by atoms with E-state index in [1.807, 2.05) is 0 Å². The summed E-state index contributed by atoms with van der Waals surface area (Å²) in [6.07, 6.45) is 1.36. The number of nitro benzene ring substituents is 2. The summed E-state index contributed by atoms with van der Waals surface area (Å²) >= 11 is 5.97. The molecule has 0 aliphatic rings. The largest absolute Gasteiger partial charge is 0.493 e. The number of carbonyl (C=O) groups is 1. The van der Waals surface area contributed by atoms with Crippen LogP contribution in [0.5, 0.6) is 17.2 Å². The maximum Gasteiger partial charge on any atom is 0.318 e. The topological polar surface area (TPSA) is 146 Å². The second-order valence-electron chi connectivity index (χ2n) is 6.36. The van der Waals surface area contributed by atoms with Crippen molar-refractivity contribution in [3.63, 3.8) is 0 Å². The minimum atomic E-state index is -0.780. The first-order valence-electron chi connectivity index (χ1n) is 9.17. The van der Waals surface area contributed by atoms with E-state index in [0.717, 1.165) is 18.2 Å². The SMILES string of the molecule is COc1cc(/C=N\NC(=O)c2ccccc2Cl)ccc1Oc1ccc([N+](=O)[O-])cc1[N+](=O)[O-]. The van der Waals surface area contributed by atoms with Crippen molar-refractivity contribution in [2.24, 2.45) is 5.10 Å². The number of methoxy groups -OCH3 is 1. The molecule has 0 saturated heterocycles. The summed E-state index contributed by atoms with van der Waals surface area (Å²) in [5.74, 6) is -0.345. The normalized spacial score (nSPS) is 10.6. The number of non-ortho nitro benzene ring substituents is 1. The Kier molecular flexibility index (Phi) is 7.16. The second kappa shape index (κ2) is 10.2. The minimum Gasteiger partial charge on any atom is -0.493 e. The molecule has 0 bridgehead atoms. The minimum absolute atomic E-state index is 0.131. The number of nitro groups is 2. The van der Waals surface area contributed by atoms with E-state index in [1.54, 1.807) is 30.3 Å². The molecule has 1 amide bonds. The maximum absolute atomic E-state index is 12.1. The van der Waals surface area contributed by atoms with Crippen LogP contribution in [0.3, 0.4) is 0 Å². The van der Waals surface area contributed by atoms with Gasteiger partial charge in [0, 0.05) is 6.07 Å². The van der Waals surface area contributed by atoms with Crippen molar-refractivity contribution in [3.8, 4) is 17.2 Å². The van der Waals surface area contributed by atoms with E-state index in [4.69, 9.17) is 21.1 Å². The molecule has 168 valence electrons. The molecule has 11 nitrogen and oxygen atoms in total. The van der Waals surface area contributed by atoms with Crippen molar-refractivity contribution in [1.82, 2.24) is 5.43 Å². The van der Waals surface area contributed by atoms with E-state index in [1.165, 1.54) is 25.5 Å². The standard InChI is InChI=1S/C21H15ClN4O7/c1-32-20-10-13(12-23-24-21(27)15-4-2-3-5-16(15)22)6-8-19(20)33-18-9-7-14(25(28)29)11-17(18)26(30)31/h2-12H,1H3,(H,24,27)/b23-12-. The first-order valence-corrected chi connectivity index (χ1v) is 9.54. The van der Waals surface area contributed by atoms with Gasteiger partial charge in [0.05, 0.1) is 39.8 Å². The third-order valence-corrected chi connectivity index (χ3v) is 4.59. The van der Waals surface area contributed by atoms with E-state index in [9.17, 15) is 25.0 Å². The van der Waals surface area contributed by atoms with Crippen LogP contribution in [0.2, 0.25) is 5.02 Å². The average Bonchev–Trinajstić information content (AvgIpc) is 2.80. The van der Waals surface area contributed by atoms with Gasteiger partial charge in [0.25, 0.3) is 11.6 Å². The first-order chi connectivity index (χ1) is 15.8. The fourth-order valence-electron chi connectivity index (χ4n) is 2.69. The van der Waals surface area contributed by atoms with Crippen LogP contribution in [0, 0.1) is 20.2 Å². The fourth-order valence-corrected chi connectivity index (χ4v) is 2.91. The number of nitrogens with zero attached hydrogens (tertiary/aromatic N) is 3. The number of amides is 1. The quantitative estimate of drug-likeness (QED) is 0.284. The molecule has 0 unspecified atom stereocenters. The lowest BCUT2D eigenvalue weighted by Crippen LogP contribution is -2.17. The Bertz CT molecular complexity index is 1260. The molecule has 0 aromatic heterocycles. The number of rotatable bonds is 8. The van der Waals surface area contributed by atoms with E-state index in [0.29, 0.717) is 5.56 Å². The molecule has 0 aliphatic heterocycles. The van der Waals surface area contributed by atoms with Gasteiger partial charge in [-0.25, -0.2) is 5.43 Å². The third kappa shape index (κ3) is 5.60. The molecule has 0 spiro atoms. The first kappa shape index (κ1) is 23.2. The predicted octanol–water partition coefficient (Wildman–Crippen LogP) is 4.72. The maximum atomic E-state index is 12.1. The number of benzene rings is 3. The highest BCUT2D eigenvalue weighted by atomic mass is 35.5. The molecular formula is C21H15ClN4O7. The van der Waals surface area contributed by atoms with Crippen LogP contribution >= 0.6 is 11.6 Å². The zero-order chi connectivity index (χ0) is 24.0. The molecule has 33 heavy (non-hydrogen) atoms. The monoisotopic (exact) mass is 470 g/mol. The van der Waals surface area contributed by atoms with E-state index < -0.39 is 27.1 Å². The van der Waals surface area contributed by atoms with Gasteiger partial charge < -0.3 is 9.47 Å². The van der Waals surface area contributed by atoms with Crippen LogP contribution in [0.15, 0.2) is 65.8 Å². The molecule has 3 rings (SSSR count). The molecule has 3 aromatic carbocycles. The lowest BCUT2D eigenvalue weighted by atomic mass is 10.2. The second-order valence-corrected chi connectivity index (χ2v) is 6.76. The Hall–Kier alpha value is -4.51. The van der Waals surface area contributed by atoms with E-state index in [-0.39, 0.29) is 27.8 Å². The lowest BCUT2D eigenvalue weighted by molar-refractivity contribution is -0.394. The Morgan fingerprint density at radius 1 is 1.00 bits per heavy atom. The molecular weight excluding hydrogens is 456 g/mol. The third-order valence-electron chi connectivity index (χ3n) is 4.26. The van der Waals surface area contributed by atoms with Gasteiger partial charge in [0.2, 0.25) is 5.75 Å². The number of hydrazone groups is 1. The summed E-state index contributed by atoms with van der Waals surface area (Å²) in [6, 6.07) is 14.1. The van der Waals surface area contributed by atoms with Gasteiger partial charge in [0.1, 0.15) is 0 Å². The summed E-state index contributed by atoms with van der Waals surface area (Å²) in [5.41, 5.74) is 2.14. The van der Waals surface area contributed by atoms with Crippen molar-refractivity contribution in [1.29, 1.82) is 0 Å². The van der Waals surface area contributed by atoms with Crippen LogP contribution < -0.4 is 14.9 Å². The molecule has 3 aromatic rings. The van der Waals surface area contributed by atoms with Crippen LogP contribution in [0.1, 0.15) is 15.9 Å². The summed E-state index contributed by atoms with van der Waals surface area (Å²) in [7, 11) is 1.37. The van der Waals surface area contributed by atoms with Crippen molar-refractivity contribution in [2.45, 2.75) is 0 Å². The van der Waals surface area contributed by atoms with E-state index in [2.05, 4.69) is 10.5 Å². The molecule has 0 heterocycles. The number of halogens is 1.